The van der Waals surface area contributed by atoms with E-state index in [1.54, 1.807) is 0 Å². The Morgan fingerprint density at radius 1 is 0.955 bits per heavy atom. The van der Waals surface area contributed by atoms with E-state index in [9.17, 15) is 18.0 Å². The van der Waals surface area contributed by atoms with Gasteiger partial charge in [-0.25, -0.2) is 0 Å². The number of alkyl halides is 3. The summed E-state index contributed by atoms with van der Waals surface area (Å²) in [5, 5.41) is 2.54. The maximum Gasteiger partial charge on any atom is 0.417 e. The summed E-state index contributed by atoms with van der Waals surface area (Å²) in [6.45, 7) is 0.333. The number of carbonyl (C=O) groups is 1. The third-order valence-corrected chi connectivity index (χ3v) is 3.25. The summed E-state index contributed by atoms with van der Waals surface area (Å²) < 4.78 is 38.5. The summed E-state index contributed by atoms with van der Waals surface area (Å²) >= 11 is 0. The molecule has 2 nitrogen and oxygen atoms in total. The second-order valence-electron chi connectivity index (χ2n) is 4.89. The Kier molecular flexibility index (Phi) is 5.20. The maximum atomic E-state index is 12.8. The topological polar surface area (TPSA) is 29.1 Å². The van der Waals surface area contributed by atoms with Gasteiger partial charge in [-0.15, -0.1) is 0 Å². The summed E-state index contributed by atoms with van der Waals surface area (Å²) in [5.41, 5.74) is -0.113. The van der Waals surface area contributed by atoms with Crippen LogP contribution in [0.2, 0.25) is 0 Å². The largest absolute Gasteiger partial charge is 0.417 e. The molecule has 0 unspecified atom stereocenters. The van der Waals surface area contributed by atoms with E-state index in [1.165, 1.54) is 18.2 Å². The summed E-state index contributed by atoms with van der Waals surface area (Å²) in [5.74, 6) is -0.694. The fraction of sp³-hybridized carbons (Fsp3) is 0.235. The fourth-order valence-electron chi connectivity index (χ4n) is 2.16. The first-order chi connectivity index (χ1) is 10.5. The number of hydrogen-bond acceptors (Lipinski definition) is 1. The van der Waals surface area contributed by atoms with Crippen molar-refractivity contribution in [2.45, 2.75) is 19.0 Å². The first-order valence-corrected chi connectivity index (χ1v) is 6.97. The lowest BCUT2D eigenvalue weighted by Gasteiger charge is -2.12. The van der Waals surface area contributed by atoms with Crippen LogP contribution < -0.4 is 5.32 Å². The van der Waals surface area contributed by atoms with Gasteiger partial charge < -0.3 is 5.32 Å². The van der Waals surface area contributed by atoms with Crippen LogP contribution in [0.5, 0.6) is 0 Å². The molecule has 0 aliphatic rings. The van der Waals surface area contributed by atoms with Crippen LogP contribution in [0.15, 0.2) is 54.6 Å². The Morgan fingerprint density at radius 3 is 2.27 bits per heavy atom. The van der Waals surface area contributed by atoms with Gasteiger partial charge in [-0.1, -0.05) is 42.5 Å². The number of aryl methyl sites for hydroxylation is 1. The van der Waals surface area contributed by atoms with Crippen molar-refractivity contribution in [1.29, 1.82) is 0 Å². The Labute approximate surface area is 127 Å². The molecule has 22 heavy (non-hydrogen) atoms. The van der Waals surface area contributed by atoms with Gasteiger partial charge in [0.15, 0.2) is 0 Å². The van der Waals surface area contributed by atoms with Gasteiger partial charge in [-0.3, -0.25) is 4.79 Å². The lowest BCUT2D eigenvalue weighted by atomic mass is 10.1. The number of rotatable bonds is 5. The van der Waals surface area contributed by atoms with Gasteiger partial charge in [0.2, 0.25) is 0 Å². The van der Waals surface area contributed by atoms with Gasteiger partial charge in [0, 0.05) is 6.54 Å². The summed E-state index contributed by atoms with van der Waals surface area (Å²) in [7, 11) is 0. The zero-order valence-corrected chi connectivity index (χ0v) is 11.9. The number of benzene rings is 2. The van der Waals surface area contributed by atoms with Crippen LogP contribution in [0.4, 0.5) is 13.2 Å². The molecule has 5 heteroatoms. The Balaban J connectivity index is 1.91. The van der Waals surface area contributed by atoms with Gasteiger partial charge in [0.25, 0.3) is 5.91 Å². The molecule has 2 aromatic rings. The Morgan fingerprint density at radius 2 is 1.59 bits per heavy atom. The number of hydrogen-bond donors (Lipinski definition) is 1. The van der Waals surface area contributed by atoms with E-state index in [4.69, 9.17) is 0 Å². The second kappa shape index (κ2) is 7.11. The number of amides is 1. The van der Waals surface area contributed by atoms with Crippen molar-refractivity contribution in [3.63, 3.8) is 0 Å². The zero-order chi connectivity index (χ0) is 16.0. The van der Waals surface area contributed by atoms with Crippen LogP contribution in [0.3, 0.4) is 0 Å². The molecular weight excluding hydrogens is 291 g/mol. The Bertz CT molecular complexity index is 623. The van der Waals surface area contributed by atoms with Crippen LogP contribution in [-0.4, -0.2) is 12.5 Å². The predicted octanol–water partition coefficient (Wildman–Crippen LogP) is 4.07. The quantitative estimate of drug-likeness (QED) is 0.829. The smallest absolute Gasteiger partial charge is 0.352 e. The monoisotopic (exact) mass is 307 g/mol. The van der Waals surface area contributed by atoms with Gasteiger partial charge >= 0.3 is 6.18 Å². The van der Waals surface area contributed by atoms with E-state index in [1.807, 2.05) is 30.3 Å². The summed E-state index contributed by atoms with van der Waals surface area (Å²) in [4.78, 5) is 11.9. The summed E-state index contributed by atoms with van der Waals surface area (Å²) in [6, 6.07) is 14.5. The van der Waals surface area contributed by atoms with Gasteiger partial charge in [0.1, 0.15) is 0 Å². The van der Waals surface area contributed by atoms with E-state index in [0.29, 0.717) is 13.0 Å². The molecule has 0 heterocycles. The molecule has 2 rings (SSSR count). The molecule has 0 aromatic heterocycles. The molecule has 1 N–H and O–H groups in total. The van der Waals surface area contributed by atoms with Crippen molar-refractivity contribution in [2.75, 3.05) is 6.54 Å². The summed E-state index contributed by atoms with van der Waals surface area (Å²) in [6.07, 6.45) is -3.09. The van der Waals surface area contributed by atoms with E-state index >= 15 is 0 Å². The molecule has 0 spiro atoms. The van der Waals surface area contributed by atoms with E-state index in [-0.39, 0.29) is 5.56 Å². The number of carbonyl (C=O) groups excluding carboxylic acids is 1. The van der Waals surface area contributed by atoms with Crippen LogP contribution in [0.25, 0.3) is 0 Å². The normalized spacial score (nSPS) is 11.2. The highest BCUT2D eigenvalue weighted by molar-refractivity contribution is 5.95. The third-order valence-electron chi connectivity index (χ3n) is 3.25. The van der Waals surface area contributed by atoms with Gasteiger partial charge in [0.05, 0.1) is 11.1 Å². The van der Waals surface area contributed by atoms with Crippen LogP contribution in [0, 0.1) is 0 Å². The van der Waals surface area contributed by atoms with Crippen molar-refractivity contribution >= 4 is 5.91 Å². The minimum Gasteiger partial charge on any atom is -0.352 e. The highest BCUT2D eigenvalue weighted by atomic mass is 19.4. The lowest BCUT2D eigenvalue weighted by molar-refractivity contribution is -0.137. The molecule has 0 aliphatic heterocycles. The van der Waals surface area contributed by atoms with Crippen molar-refractivity contribution in [3.8, 4) is 0 Å². The number of nitrogens with one attached hydrogen (secondary N) is 1. The minimum atomic E-state index is -4.53. The molecule has 0 aliphatic carbocycles. The maximum absolute atomic E-state index is 12.8. The molecule has 2 aromatic carbocycles. The molecule has 0 bridgehead atoms. The zero-order valence-electron chi connectivity index (χ0n) is 11.9. The average Bonchev–Trinajstić information content (AvgIpc) is 2.51. The highest BCUT2D eigenvalue weighted by Gasteiger charge is 2.34. The second-order valence-corrected chi connectivity index (χ2v) is 4.89. The average molecular weight is 307 g/mol. The van der Waals surface area contributed by atoms with E-state index < -0.39 is 17.6 Å². The molecular formula is C17H16F3NO. The van der Waals surface area contributed by atoms with E-state index in [2.05, 4.69) is 5.32 Å². The fourth-order valence-corrected chi connectivity index (χ4v) is 2.16. The SMILES string of the molecule is O=C(NCCCc1ccccc1)c1ccccc1C(F)(F)F. The molecule has 0 saturated heterocycles. The molecule has 0 fully saturated rings. The van der Waals surface area contributed by atoms with E-state index in [0.717, 1.165) is 18.1 Å². The molecule has 0 saturated carbocycles. The van der Waals surface area contributed by atoms with Gasteiger partial charge in [-0.2, -0.15) is 13.2 Å². The first kappa shape index (κ1) is 16.1. The third kappa shape index (κ3) is 4.35. The van der Waals surface area contributed by atoms with Crippen LogP contribution >= 0.6 is 0 Å². The first-order valence-electron chi connectivity index (χ1n) is 6.97. The standard InChI is InChI=1S/C17H16F3NO/c18-17(19,20)15-11-5-4-10-14(15)16(22)21-12-6-9-13-7-2-1-3-8-13/h1-5,7-8,10-11H,6,9,12H2,(H,21,22). The lowest BCUT2D eigenvalue weighted by Crippen LogP contribution is -2.27. The molecule has 0 radical (unpaired) electrons. The van der Waals surface area contributed by atoms with Gasteiger partial charge in [-0.05, 0) is 30.5 Å². The van der Waals surface area contributed by atoms with Crippen molar-refractivity contribution in [1.82, 2.24) is 5.32 Å². The molecule has 1 amide bonds. The number of halogens is 3. The van der Waals surface area contributed by atoms with Crippen molar-refractivity contribution < 1.29 is 18.0 Å². The van der Waals surface area contributed by atoms with Crippen molar-refractivity contribution in [2.24, 2.45) is 0 Å². The van der Waals surface area contributed by atoms with Crippen LogP contribution in [0.1, 0.15) is 27.9 Å². The van der Waals surface area contributed by atoms with Crippen molar-refractivity contribution in [3.05, 3.63) is 71.3 Å². The molecule has 116 valence electrons. The minimum absolute atomic E-state index is 0.333. The molecule has 0 atom stereocenters. The van der Waals surface area contributed by atoms with Crippen LogP contribution in [-0.2, 0) is 12.6 Å². The predicted molar refractivity (Wildman–Crippen MR) is 78.5 cm³/mol. The highest BCUT2D eigenvalue weighted by Crippen LogP contribution is 2.31. The Hall–Kier alpha value is -2.30.